The van der Waals surface area contributed by atoms with Crippen molar-refractivity contribution in [2.45, 2.75) is 0 Å². The Labute approximate surface area is 153 Å². The molecular formula is C19H15BrN2O3. The summed E-state index contributed by atoms with van der Waals surface area (Å²) in [5, 5.41) is 5.61. The van der Waals surface area contributed by atoms with E-state index >= 15 is 0 Å². The summed E-state index contributed by atoms with van der Waals surface area (Å²) in [4.78, 5) is 16.6. The normalized spacial score (nSPS) is 11.3. The van der Waals surface area contributed by atoms with Crippen molar-refractivity contribution >= 4 is 38.5 Å². The van der Waals surface area contributed by atoms with E-state index in [0.717, 1.165) is 15.2 Å². The molecule has 0 bridgehead atoms. The molecule has 0 saturated carbocycles. The Bertz CT molecular complexity index is 918. The lowest BCUT2D eigenvalue weighted by Crippen LogP contribution is -2.18. The number of oxime groups is 1. The number of fused-ring (bicyclic) bond motifs is 1. The number of ether oxygens (including phenoxy) is 1. The van der Waals surface area contributed by atoms with E-state index in [1.807, 2.05) is 48.5 Å². The predicted molar refractivity (Wildman–Crippen MR) is 100 cm³/mol. The minimum absolute atomic E-state index is 0.117. The molecule has 0 unspecified atom stereocenters. The fourth-order valence-electron chi connectivity index (χ4n) is 2.26. The molecule has 0 aromatic heterocycles. The molecule has 0 fully saturated rings. The molecule has 2 N–H and O–H groups in total. The summed E-state index contributed by atoms with van der Waals surface area (Å²) in [6, 6.07) is 20.6. The minimum Gasteiger partial charge on any atom is -0.481 e. The van der Waals surface area contributed by atoms with Crippen LogP contribution in [0.1, 0.15) is 5.56 Å². The lowest BCUT2D eigenvalue weighted by atomic mass is 10.1. The Balaban J connectivity index is 1.61. The average molecular weight is 399 g/mol. The van der Waals surface area contributed by atoms with Gasteiger partial charge in [-0.05, 0) is 23.6 Å². The molecule has 25 heavy (non-hydrogen) atoms. The van der Waals surface area contributed by atoms with E-state index in [-0.39, 0.29) is 12.4 Å². The molecule has 126 valence electrons. The molecule has 3 rings (SSSR count). The van der Waals surface area contributed by atoms with Crippen LogP contribution in [0.3, 0.4) is 0 Å². The summed E-state index contributed by atoms with van der Waals surface area (Å²) >= 11 is 3.33. The quantitative estimate of drug-likeness (QED) is 0.306. The van der Waals surface area contributed by atoms with Crippen LogP contribution in [-0.2, 0) is 9.63 Å². The van der Waals surface area contributed by atoms with Gasteiger partial charge in [0.15, 0.2) is 12.4 Å². The van der Waals surface area contributed by atoms with E-state index < -0.39 is 5.97 Å². The third kappa shape index (κ3) is 4.36. The van der Waals surface area contributed by atoms with E-state index in [1.54, 1.807) is 18.2 Å². The zero-order chi connectivity index (χ0) is 17.6. The number of carbonyl (C=O) groups excluding carboxylic acids is 1. The SMILES string of the molecule is N/C(=N\OC(=O)COc1cccc2ccccc12)c1ccc(Br)cc1. The second kappa shape index (κ2) is 7.81. The van der Waals surface area contributed by atoms with Gasteiger partial charge in [0.05, 0.1) is 0 Å². The van der Waals surface area contributed by atoms with Crippen molar-refractivity contribution in [2.24, 2.45) is 10.9 Å². The van der Waals surface area contributed by atoms with Crippen LogP contribution in [0.15, 0.2) is 76.4 Å². The van der Waals surface area contributed by atoms with Gasteiger partial charge in [0.25, 0.3) is 0 Å². The van der Waals surface area contributed by atoms with Gasteiger partial charge in [-0.3, -0.25) is 0 Å². The topological polar surface area (TPSA) is 73.9 Å². The van der Waals surface area contributed by atoms with E-state index in [1.165, 1.54) is 0 Å². The molecule has 0 atom stereocenters. The van der Waals surface area contributed by atoms with Crippen LogP contribution in [0.25, 0.3) is 10.8 Å². The molecule has 0 radical (unpaired) electrons. The van der Waals surface area contributed by atoms with E-state index in [9.17, 15) is 4.79 Å². The molecule has 0 aliphatic rings. The molecule has 0 saturated heterocycles. The lowest BCUT2D eigenvalue weighted by Gasteiger charge is -2.08. The van der Waals surface area contributed by atoms with Gasteiger partial charge < -0.3 is 15.3 Å². The molecule has 0 amide bonds. The maximum absolute atomic E-state index is 11.8. The van der Waals surface area contributed by atoms with Crippen LogP contribution in [0.5, 0.6) is 5.75 Å². The first-order chi connectivity index (χ1) is 12.1. The summed E-state index contributed by atoms with van der Waals surface area (Å²) in [7, 11) is 0. The maximum atomic E-state index is 11.8. The monoisotopic (exact) mass is 398 g/mol. The minimum atomic E-state index is -0.631. The first kappa shape index (κ1) is 17.0. The van der Waals surface area contributed by atoms with Crippen LogP contribution in [-0.4, -0.2) is 18.4 Å². The number of nitrogens with two attached hydrogens (primary N) is 1. The lowest BCUT2D eigenvalue weighted by molar-refractivity contribution is -0.146. The zero-order valence-electron chi connectivity index (χ0n) is 13.2. The van der Waals surface area contributed by atoms with E-state index in [4.69, 9.17) is 15.3 Å². The van der Waals surface area contributed by atoms with Gasteiger partial charge in [0, 0.05) is 15.4 Å². The van der Waals surface area contributed by atoms with Crippen molar-refractivity contribution in [1.29, 1.82) is 0 Å². The highest BCUT2D eigenvalue weighted by Gasteiger charge is 2.08. The van der Waals surface area contributed by atoms with Crippen LogP contribution < -0.4 is 10.5 Å². The Kier molecular flexibility index (Phi) is 5.30. The Morgan fingerprint density at radius 1 is 1.00 bits per heavy atom. The number of carbonyl (C=O) groups is 1. The summed E-state index contributed by atoms with van der Waals surface area (Å²) in [5.74, 6) is 0.0962. The predicted octanol–water partition coefficient (Wildman–Crippen LogP) is 3.84. The van der Waals surface area contributed by atoms with Crippen molar-refractivity contribution in [2.75, 3.05) is 6.61 Å². The van der Waals surface area contributed by atoms with Gasteiger partial charge in [0.2, 0.25) is 0 Å². The molecule has 0 aliphatic carbocycles. The van der Waals surface area contributed by atoms with Gasteiger partial charge in [-0.15, -0.1) is 0 Å². The number of nitrogens with zero attached hydrogens (tertiary/aromatic N) is 1. The standard InChI is InChI=1S/C19H15BrN2O3/c20-15-10-8-14(9-11-15)19(21)22-25-18(23)12-24-17-7-3-5-13-4-1-2-6-16(13)17/h1-11H,12H2,(H2,21,22). The summed E-state index contributed by atoms with van der Waals surface area (Å²) in [6.45, 7) is -0.259. The maximum Gasteiger partial charge on any atom is 0.372 e. The van der Waals surface area contributed by atoms with Gasteiger partial charge in [-0.25, -0.2) is 4.79 Å². The largest absolute Gasteiger partial charge is 0.481 e. The molecular weight excluding hydrogens is 384 g/mol. The Hall–Kier alpha value is -2.86. The molecule has 6 heteroatoms. The summed E-state index contributed by atoms with van der Waals surface area (Å²) in [5.41, 5.74) is 6.45. The van der Waals surface area contributed by atoms with Crippen molar-refractivity contribution in [3.63, 3.8) is 0 Å². The third-order valence-corrected chi connectivity index (χ3v) is 4.01. The number of amidine groups is 1. The molecule has 0 aliphatic heterocycles. The van der Waals surface area contributed by atoms with Gasteiger partial charge in [-0.2, -0.15) is 0 Å². The second-order valence-corrected chi connectivity index (χ2v) is 6.13. The zero-order valence-corrected chi connectivity index (χ0v) is 14.8. The number of rotatable bonds is 5. The van der Waals surface area contributed by atoms with Crippen LogP contribution in [0.4, 0.5) is 0 Å². The Morgan fingerprint density at radius 3 is 2.52 bits per heavy atom. The van der Waals surface area contributed by atoms with Crippen molar-refractivity contribution in [3.8, 4) is 5.75 Å². The number of hydrogen-bond acceptors (Lipinski definition) is 4. The van der Waals surface area contributed by atoms with Crippen molar-refractivity contribution in [3.05, 3.63) is 76.8 Å². The highest BCUT2D eigenvalue weighted by Crippen LogP contribution is 2.25. The first-order valence-electron chi connectivity index (χ1n) is 7.53. The molecule has 0 heterocycles. The smallest absolute Gasteiger partial charge is 0.372 e. The fourth-order valence-corrected chi connectivity index (χ4v) is 2.52. The number of hydrogen-bond donors (Lipinski definition) is 1. The third-order valence-electron chi connectivity index (χ3n) is 3.48. The highest BCUT2D eigenvalue weighted by molar-refractivity contribution is 9.10. The molecule has 3 aromatic rings. The molecule has 0 spiro atoms. The second-order valence-electron chi connectivity index (χ2n) is 5.21. The average Bonchev–Trinajstić information content (AvgIpc) is 2.65. The van der Waals surface area contributed by atoms with Gasteiger partial charge in [0.1, 0.15) is 5.75 Å². The van der Waals surface area contributed by atoms with Crippen LogP contribution in [0.2, 0.25) is 0 Å². The van der Waals surface area contributed by atoms with Crippen LogP contribution in [0, 0.1) is 0 Å². The molecule has 5 nitrogen and oxygen atoms in total. The summed E-state index contributed by atoms with van der Waals surface area (Å²) in [6.07, 6.45) is 0. The van der Waals surface area contributed by atoms with E-state index in [2.05, 4.69) is 21.1 Å². The number of benzene rings is 3. The fraction of sp³-hybridized carbons (Fsp3) is 0.0526. The summed E-state index contributed by atoms with van der Waals surface area (Å²) < 4.78 is 6.46. The van der Waals surface area contributed by atoms with Gasteiger partial charge in [-0.1, -0.05) is 69.6 Å². The van der Waals surface area contributed by atoms with E-state index in [0.29, 0.717) is 11.3 Å². The van der Waals surface area contributed by atoms with Crippen molar-refractivity contribution in [1.82, 2.24) is 0 Å². The molecule has 3 aromatic carbocycles. The Morgan fingerprint density at radius 2 is 1.72 bits per heavy atom. The first-order valence-corrected chi connectivity index (χ1v) is 8.32. The number of halogens is 1. The van der Waals surface area contributed by atoms with Crippen LogP contribution >= 0.6 is 15.9 Å². The highest BCUT2D eigenvalue weighted by atomic mass is 79.9. The van der Waals surface area contributed by atoms with Gasteiger partial charge >= 0.3 is 5.97 Å². The van der Waals surface area contributed by atoms with Crippen molar-refractivity contribution < 1.29 is 14.4 Å².